The maximum absolute atomic E-state index is 13.3. The maximum Gasteiger partial charge on any atom is 0.261 e. The fourth-order valence-electron chi connectivity index (χ4n) is 4.18. The largest absolute Gasteiger partial charge is 0.375 e. The molecule has 0 aliphatic carbocycles. The molecule has 208 valence electrons. The first-order valence-electron chi connectivity index (χ1n) is 13.9. The molecule has 0 aliphatic rings. The summed E-state index contributed by atoms with van der Waals surface area (Å²) in [5, 5.41) is 27.0. The predicted octanol–water partition coefficient (Wildman–Crippen LogP) is 7.76. The van der Waals surface area contributed by atoms with Crippen molar-refractivity contribution in [1.29, 1.82) is 5.26 Å². The van der Waals surface area contributed by atoms with Crippen molar-refractivity contribution < 1.29 is 9.90 Å². The molecule has 6 heteroatoms. The number of hydrogen-bond acceptors (Lipinski definition) is 4. The van der Waals surface area contributed by atoms with E-state index in [-0.39, 0.29) is 11.4 Å². The molecule has 39 heavy (non-hydrogen) atoms. The van der Waals surface area contributed by atoms with Gasteiger partial charge in [0.1, 0.15) is 6.07 Å². The molecule has 0 saturated heterocycles. The topological polar surface area (TPSA) is 85.2 Å². The number of carbonyl (C=O) groups excluding carboxylic acids is 1. The Morgan fingerprint density at radius 1 is 0.897 bits per heavy atom. The molecule has 3 rings (SSSR count). The van der Waals surface area contributed by atoms with Gasteiger partial charge in [-0.05, 0) is 47.9 Å². The Kier molecular flexibility index (Phi) is 14.3. The summed E-state index contributed by atoms with van der Waals surface area (Å²) in [7, 11) is 0. The van der Waals surface area contributed by atoms with Crippen molar-refractivity contribution in [1.82, 2.24) is 5.32 Å². The fraction of sp³-hybridized carbons (Fsp3) is 0.394. The summed E-state index contributed by atoms with van der Waals surface area (Å²) >= 11 is 6.10. The zero-order valence-electron chi connectivity index (χ0n) is 23.5. The lowest BCUT2D eigenvalue weighted by Crippen LogP contribution is -2.42. The number of unbranched alkanes of at least 4 members (excludes halogenated alkanes) is 4. The van der Waals surface area contributed by atoms with Crippen LogP contribution in [0.2, 0.25) is 5.02 Å². The van der Waals surface area contributed by atoms with E-state index in [9.17, 15) is 9.90 Å². The molecule has 3 aromatic rings. The summed E-state index contributed by atoms with van der Waals surface area (Å²) < 4.78 is 0. The number of nitriles is 1. The highest BCUT2D eigenvalue weighted by Gasteiger charge is 2.38. The molecule has 3 N–H and O–H groups in total. The van der Waals surface area contributed by atoms with Gasteiger partial charge in [-0.25, -0.2) is 0 Å². The van der Waals surface area contributed by atoms with Crippen LogP contribution in [-0.4, -0.2) is 17.6 Å². The van der Waals surface area contributed by atoms with Crippen LogP contribution >= 0.6 is 11.6 Å². The maximum atomic E-state index is 13.3. The Balaban J connectivity index is 0.000000673. The van der Waals surface area contributed by atoms with Crippen LogP contribution in [0.1, 0.15) is 81.5 Å². The average Bonchev–Trinajstić information content (AvgIpc) is 2.94. The van der Waals surface area contributed by atoms with Crippen LogP contribution in [-0.2, 0) is 23.4 Å². The summed E-state index contributed by atoms with van der Waals surface area (Å²) in [5.74, 6) is -0.570. The van der Waals surface area contributed by atoms with E-state index in [4.69, 9.17) is 16.9 Å². The van der Waals surface area contributed by atoms with Gasteiger partial charge in [-0.2, -0.15) is 5.26 Å². The zero-order valence-corrected chi connectivity index (χ0v) is 24.2. The number of nitrogens with one attached hydrogen (secondary N) is 2. The lowest BCUT2D eigenvalue weighted by molar-refractivity contribution is -0.135. The van der Waals surface area contributed by atoms with Crippen molar-refractivity contribution >= 4 is 23.2 Å². The SMILES string of the molecule is CCCCCCC.CCCNCc1cccc(CC(O)(C(=O)Nc2ccc(C#N)c(Cl)c2)c2ccccc2)c1. The number of carbonyl (C=O) groups is 1. The molecule has 0 aromatic heterocycles. The standard InChI is InChI=1S/C26H26ClN3O2.C7H16/c1-2-13-29-18-20-8-6-7-19(14-20)16-26(32,22-9-4-3-5-10-22)25(31)30-23-12-11-21(17-28)24(27)15-23;1-3-5-7-6-4-2/h3-12,14-15,29,32H,2,13,16,18H2,1H3,(H,30,31);3-7H2,1-2H3. The van der Waals surface area contributed by atoms with Crippen LogP contribution in [0, 0.1) is 11.3 Å². The van der Waals surface area contributed by atoms with E-state index in [1.807, 2.05) is 36.4 Å². The highest BCUT2D eigenvalue weighted by Crippen LogP contribution is 2.29. The van der Waals surface area contributed by atoms with Crippen molar-refractivity contribution in [3.63, 3.8) is 0 Å². The van der Waals surface area contributed by atoms with Gasteiger partial charge in [-0.3, -0.25) is 4.79 Å². The first-order chi connectivity index (χ1) is 18.9. The predicted molar refractivity (Wildman–Crippen MR) is 162 cm³/mol. The molecule has 1 unspecified atom stereocenters. The molecule has 0 fully saturated rings. The Bertz CT molecular complexity index is 1190. The molecule has 0 saturated carbocycles. The first-order valence-corrected chi connectivity index (χ1v) is 14.3. The second-order valence-electron chi connectivity index (χ2n) is 9.72. The number of aliphatic hydroxyl groups is 1. The van der Waals surface area contributed by atoms with Crippen LogP contribution < -0.4 is 10.6 Å². The van der Waals surface area contributed by atoms with Gasteiger partial charge in [0.15, 0.2) is 5.60 Å². The zero-order chi connectivity index (χ0) is 28.5. The van der Waals surface area contributed by atoms with Gasteiger partial charge in [-0.15, -0.1) is 0 Å². The minimum Gasteiger partial charge on any atom is -0.375 e. The molecule has 0 spiro atoms. The molecule has 5 nitrogen and oxygen atoms in total. The third-order valence-corrected chi connectivity index (χ3v) is 6.70. The van der Waals surface area contributed by atoms with Gasteiger partial charge in [0.25, 0.3) is 5.91 Å². The van der Waals surface area contributed by atoms with Crippen LogP contribution in [0.15, 0.2) is 72.8 Å². The van der Waals surface area contributed by atoms with Crippen molar-refractivity contribution in [3.05, 3.63) is 100 Å². The second-order valence-corrected chi connectivity index (χ2v) is 10.1. The number of amides is 1. The second kappa shape index (κ2) is 17.4. The van der Waals surface area contributed by atoms with E-state index in [0.717, 1.165) is 30.6 Å². The van der Waals surface area contributed by atoms with E-state index in [1.54, 1.807) is 30.3 Å². The van der Waals surface area contributed by atoms with Gasteiger partial charge in [0, 0.05) is 18.7 Å². The molecule has 3 aromatic carbocycles. The number of anilines is 1. The summed E-state index contributed by atoms with van der Waals surface area (Å²) in [6.45, 7) is 8.25. The average molecular weight is 548 g/mol. The van der Waals surface area contributed by atoms with Crippen LogP contribution in [0.4, 0.5) is 5.69 Å². The molecule has 0 bridgehead atoms. The number of hydrogen-bond donors (Lipinski definition) is 3. The summed E-state index contributed by atoms with van der Waals surface area (Å²) in [5.41, 5.74) is 1.36. The number of benzene rings is 3. The van der Waals surface area contributed by atoms with Crippen molar-refractivity contribution in [2.45, 2.75) is 77.9 Å². The minimum absolute atomic E-state index is 0.106. The van der Waals surface area contributed by atoms with E-state index in [1.165, 1.54) is 44.2 Å². The fourth-order valence-corrected chi connectivity index (χ4v) is 4.40. The summed E-state index contributed by atoms with van der Waals surface area (Å²) in [6.07, 6.45) is 8.16. The third kappa shape index (κ3) is 10.5. The molecule has 0 radical (unpaired) electrons. The molecular formula is C33H42ClN3O2. The molecule has 1 amide bonds. The van der Waals surface area contributed by atoms with E-state index >= 15 is 0 Å². The monoisotopic (exact) mass is 547 g/mol. The van der Waals surface area contributed by atoms with Gasteiger partial charge < -0.3 is 15.7 Å². The Hall–Kier alpha value is -3.17. The Morgan fingerprint density at radius 2 is 1.59 bits per heavy atom. The summed E-state index contributed by atoms with van der Waals surface area (Å²) in [4.78, 5) is 13.3. The minimum atomic E-state index is -1.79. The van der Waals surface area contributed by atoms with Crippen molar-refractivity contribution in [2.75, 3.05) is 11.9 Å². The highest BCUT2D eigenvalue weighted by molar-refractivity contribution is 6.32. The number of nitrogens with zero attached hydrogens (tertiary/aromatic N) is 1. The number of halogens is 1. The van der Waals surface area contributed by atoms with Gasteiger partial charge in [0.05, 0.1) is 10.6 Å². The molecule has 0 heterocycles. The molecule has 1 atom stereocenters. The highest BCUT2D eigenvalue weighted by atomic mass is 35.5. The third-order valence-electron chi connectivity index (χ3n) is 6.39. The molecular weight excluding hydrogens is 506 g/mol. The normalized spacial score (nSPS) is 12.0. The van der Waals surface area contributed by atoms with E-state index in [2.05, 4.69) is 31.4 Å². The number of rotatable bonds is 13. The van der Waals surface area contributed by atoms with Gasteiger partial charge in [0.2, 0.25) is 0 Å². The van der Waals surface area contributed by atoms with Crippen LogP contribution in [0.5, 0.6) is 0 Å². The van der Waals surface area contributed by atoms with Gasteiger partial charge in [-0.1, -0.05) is 119 Å². The van der Waals surface area contributed by atoms with Crippen LogP contribution in [0.25, 0.3) is 0 Å². The Morgan fingerprint density at radius 3 is 2.21 bits per heavy atom. The quantitative estimate of drug-likeness (QED) is 0.191. The van der Waals surface area contributed by atoms with E-state index in [0.29, 0.717) is 16.8 Å². The van der Waals surface area contributed by atoms with Crippen molar-refractivity contribution in [3.8, 4) is 6.07 Å². The smallest absolute Gasteiger partial charge is 0.261 e. The molecule has 0 aliphatic heterocycles. The van der Waals surface area contributed by atoms with Gasteiger partial charge >= 0.3 is 0 Å². The Labute approximate surface area is 239 Å². The lowest BCUT2D eigenvalue weighted by atomic mass is 9.86. The van der Waals surface area contributed by atoms with E-state index < -0.39 is 11.5 Å². The first kappa shape index (κ1) is 32.0. The lowest BCUT2D eigenvalue weighted by Gasteiger charge is -2.28. The van der Waals surface area contributed by atoms with Crippen LogP contribution in [0.3, 0.4) is 0 Å². The summed E-state index contributed by atoms with van der Waals surface area (Å²) in [6, 6.07) is 23.4. The van der Waals surface area contributed by atoms with Crippen molar-refractivity contribution in [2.24, 2.45) is 0 Å².